The fourth-order valence-corrected chi connectivity index (χ4v) is 7.29. The average molecular weight is 913 g/mol. The topological polar surface area (TPSA) is 292 Å². The Hall–Kier alpha value is -6.89. The average Bonchev–Trinajstić information content (AvgIpc) is 3.29. The number of ketones is 1. The zero-order chi connectivity index (χ0) is 48.0. The Morgan fingerprint density at radius 2 is 1.33 bits per heavy atom. The van der Waals surface area contributed by atoms with Crippen molar-refractivity contribution in [3.63, 3.8) is 0 Å². The first kappa shape index (κ1) is 51.7. The molecule has 66 heavy (non-hydrogen) atoms. The van der Waals surface area contributed by atoms with Crippen LogP contribution < -0.4 is 48.3 Å². The maximum Gasteiger partial charge on any atom is 0.316 e. The number of carbonyl (C=O) groups is 8. The Morgan fingerprint density at radius 1 is 0.727 bits per heavy atom. The SMILES string of the molecule is CCC1NC(=O)C(NC(=O)c2ncccc2O)CNC(=O)C(Cc2ccccc2)NC(=O)CCCCNC(=O)C(Cc2ccccc2)NC(=O)NC(CC(C)C)C(=O)C(CCCN)NC1=O. The molecule has 0 bridgehead atoms. The summed E-state index contributed by atoms with van der Waals surface area (Å²) in [5.41, 5.74) is 6.92. The standard InChI is InChI=1S/C47H64N10O9/c1-4-32-44(63)54-33(19-13-22-48)41(60)34(25-29(2)3)56-47(66)57-36(27-31-17-9-6-10-18-31)42(61)50-23-12-11-21-39(59)52-35(26-30-15-7-5-8-16-30)43(62)51-28-37(45(64)53-32)55-46(65)40-38(58)20-14-24-49-40/h5-10,14-18,20,24,29,32-37,58H,4,11-13,19,21-23,25-28,48H2,1-3H3,(H,50,61)(H,51,62)(H,52,59)(H,53,64)(H,54,63)(H,55,65)(H2,56,57,66). The van der Waals surface area contributed by atoms with Crippen molar-refractivity contribution < 1.29 is 43.5 Å². The Balaban J connectivity index is 1.68. The summed E-state index contributed by atoms with van der Waals surface area (Å²) in [5, 5.41) is 31.9. The number of hydrogen-bond donors (Lipinski definition) is 10. The molecule has 1 fully saturated rings. The number of benzene rings is 2. The lowest BCUT2D eigenvalue weighted by Crippen LogP contribution is -2.60. The van der Waals surface area contributed by atoms with E-state index in [0.717, 1.165) is 11.1 Å². The lowest BCUT2D eigenvalue weighted by atomic mass is 9.93. The quantitative estimate of drug-likeness (QED) is 0.123. The van der Waals surface area contributed by atoms with Gasteiger partial charge in [-0.25, -0.2) is 9.78 Å². The third kappa shape index (κ3) is 16.9. The molecule has 6 unspecified atom stereocenters. The largest absolute Gasteiger partial charge is 0.505 e. The van der Waals surface area contributed by atoms with E-state index in [1.807, 2.05) is 44.2 Å². The molecule has 6 atom stereocenters. The van der Waals surface area contributed by atoms with Gasteiger partial charge in [0, 0.05) is 38.5 Å². The molecule has 0 spiro atoms. The van der Waals surface area contributed by atoms with Crippen molar-refractivity contribution in [2.75, 3.05) is 19.6 Å². The van der Waals surface area contributed by atoms with E-state index < -0.39 is 101 Å². The lowest BCUT2D eigenvalue weighted by Gasteiger charge is -2.28. The van der Waals surface area contributed by atoms with Gasteiger partial charge in [-0.15, -0.1) is 0 Å². The molecule has 4 rings (SSSR count). The third-order valence-corrected chi connectivity index (χ3v) is 10.8. The van der Waals surface area contributed by atoms with Crippen molar-refractivity contribution in [1.82, 2.24) is 47.5 Å². The van der Waals surface area contributed by atoms with E-state index in [9.17, 15) is 43.5 Å². The molecule has 11 N–H and O–H groups in total. The van der Waals surface area contributed by atoms with Gasteiger partial charge < -0.3 is 53.4 Å². The third-order valence-electron chi connectivity index (χ3n) is 10.8. The summed E-state index contributed by atoms with van der Waals surface area (Å²) < 4.78 is 0. The second-order valence-corrected chi connectivity index (χ2v) is 16.6. The molecule has 19 nitrogen and oxygen atoms in total. The summed E-state index contributed by atoms with van der Waals surface area (Å²) in [5.74, 6) is -5.31. The van der Waals surface area contributed by atoms with Crippen molar-refractivity contribution in [2.24, 2.45) is 11.7 Å². The summed E-state index contributed by atoms with van der Waals surface area (Å²) in [7, 11) is 0. The van der Waals surface area contributed by atoms with Crippen molar-refractivity contribution in [1.29, 1.82) is 0 Å². The lowest BCUT2D eigenvalue weighted by molar-refractivity contribution is -0.133. The minimum Gasteiger partial charge on any atom is -0.505 e. The van der Waals surface area contributed by atoms with Crippen LogP contribution in [0.15, 0.2) is 79.0 Å². The number of aromatic hydroxyl groups is 1. The number of urea groups is 1. The van der Waals surface area contributed by atoms with Crippen LogP contribution in [-0.2, 0) is 41.6 Å². The number of nitrogens with two attached hydrogens (primary N) is 1. The fourth-order valence-electron chi connectivity index (χ4n) is 7.29. The number of pyridine rings is 1. The van der Waals surface area contributed by atoms with Crippen molar-refractivity contribution >= 4 is 47.3 Å². The van der Waals surface area contributed by atoms with E-state index >= 15 is 0 Å². The van der Waals surface area contributed by atoms with Gasteiger partial charge >= 0.3 is 6.03 Å². The molecule has 3 aromatic rings. The zero-order valence-electron chi connectivity index (χ0n) is 37.8. The molecule has 8 amide bonds. The summed E-state index contributed by atoms with van der Waals surface area (Å²) in [6, 6.07) is 12.6. The predicted octanol–water partition coefficient (Wildman–Crippen LogP) is 1.04. The molecular formula is C47H64N10O9. The monoisotopic (exact) mass is 912 g/mol. The number of nitrogens with one attached hydrogen (secondary N) is 8. The molecule has 0 radical (unpaired) electrons. The van der Waals surface area contributed by atoms with Crippen LogP contribution in [0.5, 0.6) is 5.75 Å². The minimum atomic E-state index is -1.54. The van der Waals surface area contributed by atoms with Gasteiger partial charge in [0.1, 0.15) is 29.9 Å². The molecule has 19 heteroatoms. The van der Waals surface area contributed by atoms with Crippen LogP contribution in [0.2, 0.25) is 0 Å². The normalized spacial score (nSPS) is 22.5. The van der Waals surface area contributed by atoms with Crippen molar-refractivity contribution in [3.05, 3.63) is 95.8 Å². The van der Waals surface area contributed by atoms with E-state index in [2.05, 4.69) is 47.5 Å². The van der Waals surface area contributed by atoms with Crippen LogP contribution in [0.25, 0.3) is 0 Å². The summed E-state index contributed by atoms with van der Waals surface area (Å²) in [4.78, 5) is 114. The molecule has 1 saturated heterocycles. The highest BCUT2D eigenvalue weighted by Gasteiger charge is 2.34. The smallest absolute Gasteiger partial charge is 0.316 e. The number of Topliss-reactive ketones (excluding diaryl/α,β-unsaturated/α-hetero) is 1. The first-order chi connectivity index (χ1) is 31.7. The van der Waals surface area contributed by atoms with Gasteiger partial charge in [0.05, 0.1) is 12.1 Å². The fraction of sp³-hybridized carbons (Fsp3) is 0.468. The minimum absolute atomic E-state index is 0.00475. The predicted molar refractivity (Wildman–Crippen MR) is 245 cm³/mol. The van der Waals surface area contributed by atoms with Crippen LogP contribution >= 0.6 is 0 Å². The van der Waals surface area contributed by atoms with Gasteiger partial charge in [0.25, 0.3) is 5.91 Å². The molecule has 2 aromatic carbocycles. The molecule has 2 heterocycles. The molecule has 1 aromatic heterocycles. The van der Waals surface area contributed by atoms with Gasteiger partial charge in [-0.2, -0.15) is 0 Å². The number of carbonyl (C=O) groups excluding carboxylic acids is 8. The second-order valence-electron chi connectivity index (χ2n) is 16.6. The Kier molecular flexibility index (Phi) is 21.0. The van der Waals surface area contributed by atoms with Crippen molar-refractivity contribution in [3.8, 4) is 5.75 Å². The van der Waals surface area contributed by atoms with Crippen molar-refractivity contribution in [2.45, 2.75) is 115 Å². The van der Waals surface area contributed by atoms with Crippen LogP contribution in [0.1, 0.15) is 87.3 Å². The van der Waals surface area contributed by atoms with Crippen LogP contribution in [0, 0.1) is 5.92 Å². The summed E-state index contributed by atoms with van der Waals surface area (Å²) in [6.07, 6.45) is 2.79. The van der Waals surface area contributed by atoms with Crippen LogP contribution in [0.4, 0.5) is 4.79 Å². The van der Waals surface area contributed by atoms with E-state index in [-0.39, 0.29) is 57.5 Å². The van der Waals surface area contributed by atoms with Crippen LogP contribution in [-0.4, -0.2) is 113 Å². The highest BCUT2D eigenvalue weighted by Crippen LogP contribution is 2.14. The number of nitrogens with zero attached hydrogens (tertiary/aromatic N) is 1. The first-order valence-corrected chi connectivity index (χ1v) is 22.5. The Labute approximate surface area is 385 Å². The van der Waals surface area contributed by atoms with E-state index in [1.165, 1.54) is 18.3 Å². The molecular weight excluding hydrogens is 849 g/mol. The first-order valence-electron chi connectivity index (χ1n) is 22.5. The van der Waals surface area contributed by atoms with Gasteiger partial charge in [-0.05, 0) is 74.2 Å². The second kappa shape index (κ2) is 26.8. The number of amides is 8. The maximum absolute atomic E-state index is 14.3. The highest BCUT2D eigenvalue weighted by molar-refractivity contribution is 6.00. The highest BCUT2D eigenvalue weighted by atomic mass is 16.3. The van der Waals surface area contributed by atoms with Gasteiger partial charge in [0.2, 0.25) is 29.5 Å². The number of aromatic nitrogens is 1. The van der Waals surface area contributed by atoms with Gasteiger partial charge in [-0.3, -0.25) is 33.6 Å². The molecule has 0 aliphatic carbocycles. The maximum atomic E-state index is 14.3. The van der Waals surface area contributed by atoms with Gasteiger partial charge in [-0.1, -0.05) is 81.4 Å². The van der Waals surface area contributed by atoms with E-state index in [4.69, 9.17) is 5.73 Å². The van der Waals surface area contributed by atoms with Crippen LogP contribution in [0.3, 0.4) is 0 Å². The Morgan fingerprint density at radius 3 is 1.94 bits per heavy atom. The zero-order valence-corrected chi connectivity index (χ0v) is 37.8. The number of rotatable bonds is 12. The summed E-state index contributed by atoms with van der Waals surface area (Å²) in [6.45, 7) is 5.17. The Bertz CT molecular complexity index is 2110. The van der Waals surface area contributed by atoms with E-state index in [0.29, 0.717) is 19.3 Å². The molecule has 1 aliphatic rings. The molecule has 356 valence electrons. The summed E-state index contributed by atoms with van der Waals surface area (Å²) >= 11 is 0. The van der Waals surface area contributed by atoms with E-state index in [1.54, 1.807) is 37.3 Å². The molecule has 0 saturated carbocycles. The molecule has 1 aliphatic heterocycles. The number of hydrogen-bond acceptors (Lipinski definition) is 11. The van der Waals surface area contributed by atoms with Gasteiger partial charge in [0.15, 0.2) is 11.5 Å².